The van der Waals surface area contributed by atoms with Crippen LogP contribution in [0.4, 0.5) is 18.9 Å². The van der Waals surface area contributed by atoms with Gasteiger partial charge < -0.3 is 10.3 Å². The molecule has 198 valence electrons. The zero-order valence-corrected chi connectivity index (χ0v) is 22.8. The third kappa shape index (κ3) is 5.96. The summed E-state index contributed by atoms with van der Waals surface area (Å²) in [5.74, 6) is 6.77. The van der Waals surface area contributed by atoms with E-state index in [1.807, 2.05) is 42.7 Å². The van der Waals surface area contributed by atoms with Crippen LogP contribution in [0, 0.1) is 6.92 Å². The minimum atomic E-state index is -4.59. The standard InChI is InChI=1S/C27H24Cl2F3N5S/c1-16-35-26(27(30,31)32)15-36(16)24-9-7-19(18-4-3-5-21(12-18)38-2)13-25(24)37(34)20(14-33)10-17-6-8-22(28)23(29)11-17/h3-9,11-15H,10,33-34H2,1-2H3/b20-14-. The summed E-state index contributed by atoms with van der Waals surface area (Å²) in [4.78, 5) is 4.79. The number of allylic oxidation sites excluding steroid dienone is 1. The molecular weight excluding hydrogens is 554 g/mol. The molecule has 0 amide bonds. The molecule has 0 aliphatic carbocycles. The van der Waals surface area contributed by atoms with E-state index in [2.05, 4.69) is 4.98 Å². The van der Waals surface area contributed by atoms with Crippen LogP contribution in [0.5, 0.6) is 0 Å². The monoisotopic (exact) mass is 577 g/mol. The van der Waals surface area contributed by atoms with Crippen molar-refractivity contribution in [3.05, 3.63) is 106 Å². The number of alkyl halides is 3. The van der Waals surface area contributed by atoms with Crippen LogP contribution in [0.2, 0.25) is 10.0 Å². The van der Waals surface area contributed by atoms with Gasteiger partial charge in [-0.25, -0.2) is 10.8 Å². The number of hydrogen-bond donors (Lipinski definition) is 2. The average molecular weight is 578 g/mol. The van der Waals surface area contributed by atoms with Crippen LogP contribution in [-0.4, -0.2) is 15.8 Å². The van der Waals surface area contributed by atoms with Crippen molar-refractivity contribution in [3.8, 4) is 16.8 Å². The second-order valence-electron chi connectivity index (χ2n) is 8.43. The summed E-state index contributed by atoms with van der Waals surface area (Å²) in [7, 11) is 0. The summed E-state index contributed by atoms with van der Waals surface area (Å²) in [6.07, 6.45) is 0.00583. The largest absolute Gasteiger partial charge is 0.434 e. The van der Waals surface area contributed by atoms with Crippen LogP contribution < -0.4 is 16.6 Å². The number of aromatic nitrogens is 2. The maximum Gasteiger partial charge on any atom is 0.434 e. The lowest BCUT2D eigenvalue weighted by Crippen LogP contribution is -2.33. The molecule has 0 aliphatic rings. The molecule has 4 aromatic rings. The Morgan fingerprint density at radius 3 is 2.42 bits per heavy atom. The molecule has 5 nitrogen and oxygen atoms in total. The van der Waals surface area contributed by atoms with Gasteiger partial charge in [0.15, 0.2) is 5.69 Å². The lowest BCUT2D eigenvalue weighted by Gasteiger charge is -2.26. The first-order valence-electron chi connectivity index (χ1n) is 11.3. The van der Waals surface area contributed by atoms with Gasteiger partial charge in [-0.1, -0.05) is 47.5 Å². The van der Waals surface area contributed by atoms with Crippen molar-refractivity contribution in [2.24, 2.45) is 11.6 Å². The van der Waals surface area contributed by atoms with Crippen LogP contribution in [0.3, 0.4) is 0 Å². The quantitative estimate of drug-likeness (QED) is 0.134. The lowest BCUT2D eigenvalue weighted by atomic mass is 10.0. The molecule has 0 saturated carbocycles. The van der Waals surface area contributed by atoms with Gasteiger partial charge in [-0.2, -0.15) is 13.2 Å². The van der Waals surface area contributed by atoms with E-state index in [9.17, 15) is 13.2 Å². The minimum absolute atomic E-state index is 0.159. The SMILES string of the molecule is CSc1cccc(-c2ccc(-n3cc(C(F)(F)F)nc3C)c(N(N)/C(=C\N)Cc3ccc(Cl)c(Cl)c3)c2)c1. The van der Waals surface area contributed by atoms with Gasteiger partial charge in [0, 0.05) is 23.7 Å². The fraction of sp³-hybridized carbons (Fsp3) is 0.148. The molecule has 4 N–H and O–H groups in total. The van der Waals surface area contributed by atoms with Gasteiger partial charge in [-0.3, -0.25) is 5.01 Å². The average Bonchev–Trinajstić information content (AvgIpc) is 3.30. The number of thioether (sulfide) groups is 1. The summed E-state index contributed by atoms with van der Waals surface area (Å²) in [5, 5.41) is 2.16. The molecule has 4 rings (SSSR count). The molecule has 0 aliphatic heterocycles. The van der Waals surface area contributed by atoms with E-state index >= 15 is 0 Å². The van der Waals surface area contributed by atoms with Gasteiger partial charge in [0.25, 0.3) is 0 Å². The second-order valence-corrected chi connectivity index (χ2v) is 10.1. The maximum atomic E-state index is 13.4. The van der Waals surface area contributed by atoms with Crippen LogP contribution in [-0.2, 0) is 12.6 Å². The first kappa shape index (κ1) is 27.9. The van der Waals surface area contributed by atoms with Crippen molar-refractivity contribution in [1.29, 1.82) is 0 Å². The maximum absolute atomic E-state index is 13.4. The Bertz CT molecular complexity index is 1500. The van der Waals surface area contributed by atoms with E-state index in [4.69, 9.17) is 34.8 Å². The Morgan fingerprint density at radius 1 is 1.05 bits per heavy atom. The molecule has 0 bridgehead atoms. The number of anilines is 1. The summed E-state index contributed by atoms with van der Waals surface area (Å²) in [5.41, 5.74) is 8.88. The van der Waals surface area contributed by atoms with Crippen LogP contribution in [0.1, 0.15) is 17.1 Å². The predicted octanol–water partition coefficient (Wildman–Crippen LogP) is 7.62. The van der Waals surface area contributed by atoms with Gasteiger partial charge in [0.2, 0.25) is 0 Å². The van der Waals surface area contributed by atoms with Crippen LogP contribution in [0.25, 0.3) is 16.8 Å². The number of hydrogen-bond acceptors (Lipinski definition) is 5. The lowest BCUT2D eigenvalue weighted by molar-refractivity contribution is -0.141. The molecule has 11 heteroatoms. The number of imidazole rings is 1. The zero-order valence-electron chi connectivity index (χ0n) is 20.4. The van der Waals surface area contributed by atoms with Crippen molar-refractivity contribution in [2.75, 3.05) is 11.3 Å². The topological polar surface area (TPSA) is 73.1 Å². The number of nitrogens with zero attached hydrogens (tertiary/aromatic N) is 3. The van der Waals surface area contributed by atoms with Crippen molar-refractivity contribution in [1.82, 2.24) is 9.55 Å². The number of rotatable bonds is 7. The summed E-state index contributed by atoms with van der Waals surface area (Å²) >= 11 is 13.8. The van der Waals surface area contributed by atoms with Gasteiger partial charge in [0.05, 0.1) is 27.1 Å². The zero-order chi connectivity index (χ0) is 27.6. The molecule has 1 heterocycles. The van der Waals surface area contributed by atoms with Crippen molar-refractivity contribution < 1.29 is 13.2 Å². The van der Waals surface area contributed by atoms with Crippen molar-refractivity contribution in [3.63, 3.8) is 0 Å². The highest BCUT2D eigenvalue weighted by Gasteiger charge is 2.34. The predicted molar refractivity (Wildman–Crippen MR) is 150 cm³/mol. The number of halogens is 5. The van der Waals surface area contributed by atoms with Crippen LogP contribution in [0.15, 0.2) is 83.7 Å². The second kappa shape index (κ2) is 11.3. The molecule has 0 atom stereocenters. The van der Waals surface area contributed by atoms with E-state index < -0.39 is 11.9 Å². The normalized spacial score (nSPS) is 12.2. The van der Waals surface area contributed by atoms with E-state index in [1.54, 1.807) is 36.0 Å². The Labute approximate surface area is 232 Å². The number of benzene rings is 3. The molecule has 0 spiro atoms. The van der Waals surface area contributed by atoms with Crippen LogP contribution >= 0.6 is 35.0 Å². The minimum Gasteiger partial charge on any atom is -0.403 e. The van der Waals surface area contributed by atoms with E-state index in [1.165, 1.54) is 22.7 Å². The summed E-state index contributed by atoms with van der Waals surface area (Å²) in [6, 6.07) is 18.5. The first-order valence-corrected chi connectivity index (χ1v) is 13.3. The highest BCUT2D eigenvalue weighted by molar-refractivity contribution is 7.98. The van der Waals surface area contributed by atoms with Crippen molar-refractivity contribution in [2.45, 2.75) is 24.4 Å². The smallest absolute Gasteiger partial charge is 0.403 e. The number of aryl methyl sites for hydroxylation is 1. The molecule has 0 unspecified atom stereocenters. The Hall–Kier alpha value is -3.11. The molecule has 1 aromatic heterocycles. The van der Waals surface area contributed by atoms with E-state index in [0.717, 1.165) is 27.8 Å². The fourth-order valence-electron chi connectivity index (χ4n) is 3.99. The van der Waals surface area contributed by atoms with Gasteiger partial charge in [-0.15, -0.1) is 11.8 Å². The molecule has 0 saturated heterocycles. The first-order chi connectivity index (χ1) is 18.0. The Balaban J connectivity index is 1.84. The Kier molecular flexibility index (Phi) is 8.32. The van der Waals surface area contributed by atoms with Gasteiger partial charge in [-0.05, 0) is 66.3 Å². The fourth-order valence-corrected chi connectivity index (χ4v) is 4.77. The van der Waals surface area contributed by atoms with Gasteiger partial charge >= 0.3 is 6.18 Å². The molecule has 0 fully saturated rings. The molecule has 0 radical (unpaired) electrons. The number of nitrogens with two attached hydrogens (primary N) is 2. The summed E-state index contributed by atoms with van der Waals surface area (Å²) in [6.45, 7) is 1.51. The Morgan fingerprint density at radius 2 is 1.79 bits per heavy atom. The molecule has 38 heavy (non-hydrogen) atoms. The highest BCUT2D eigenvalue weighted by Crippen LogP contribution is 2.36. The highest BCUT2D eigenvalue weighted by atomic mass is 35.5. The number of hydrazine groups is 1. The van der Waals surface area contributed by atoms with E-state index in [0.29, 0.717) is 33.5 Å². The van der Waals surface area contributed by atoms with Crippen molar-refractivity contribution >= 4 is 40.7 Å². The van der Waals surface area contributed by atoms with Gasteiger partial charge in [0.1, 0.15) is 5.82 Å². The molecule has 3 aromatic carbocycles. The molecular formula is C27H24Cl2F3N5S. The van der Waals surface area contributed by atoms with E-state index in [-0.39, 0.29) is 5.82 Å². The third-order valence-electron chi connectivity index (χ3n) is 5.94. The summed E-state index contributed by atoms with van der Waals surface area (Å²) < 4.78 is 41.7. The third-order valence-corrected chi connectivity index (χ3v) is 7.41.